The predicted octanol–water partition coefficient (Wildman–Crippen LogP) is 2.01. The number of carbonyl (C=O) groups is 2. The molecule has 1 unspecified atom stereocenters. The molecule has 30 heavy (non-hydrogen) atoms. The van der Waals surface area contributed by atoms with Gasteiger partial charge in [-0.3, -0.25) is 14.6 Å². The molecule has 0 radical (unpaired) electrons. The maximum Gasteiger partial charge on any atom is 0.244 e. The highest BCUT2D eigenvalue weighted by Gasteiger charge is 2.25. The quantitative estimate of drug-likeness (QED) is 0.662. The van der Waals surface area contributed by atoms with E-state index in [-0.39, 0.29) is 18.4 Å². The van der Waals surface area contributed by atoms with Gasteiger partial charge in [0.05, 0.1) is 0 Å². The Labute approximate surface area is 178 Å². The van der Waals surface area contributed by atoms with Crippen LogP contribution < -0.4 is 0 Å². The first kappa shape index (κ1) is 21.9. The summed E-state index contributed by atoms with van der Waals surface area (Å²) < 4.78 is 1.67. The van der Waals surface area contributed by atoms with Crippen molar-refractivity contribution in [3.63, 3.8) is 0 Å². The number of aromatic nitrogens is 4. The fraction of sp³-hybridized carbons (Fsp3) is 0.591. The summed E-state index contributed by atoms with van der Waals surface area (Å²) in [6.45, 7) is 6.09. The third-order valence-corrected chi connectivity index (χ3v) is 5.74. The van der Waals surface area contributed by atoms with Crippen LogP contribution in [0.15, 0.2) is 24.4 Å². The number of nitrogens with zero attached hydrogens (tertiary/aromatic N) is 6. The molecule has 0 bridgehead atoms. The molecule has 0 aromatic carbocycles. The van der Waals surface area contributed by atoms with Gasteiger partial charge in [-0.15, -0.1) is 0 Å². The first-order valence-electron chi connectivity index (χ1n) is 10.7. The van der Waals surface area contributed by atoms with Gasteiger partial charge in [0.2, 0.25) is 11.8 Å². The van der Waals surface area contributed by atoms with Crippen molar-refractivity contribution in [3.05, 3.63) is 41.7 Å². The lowest BCUT2D eigenvalue weighted by Crippen LogP contribution is -2.42. The number of hydrogen-bond acceptors (Lipinski definition) is 5. The summed E-state index contributed by atoms with van der Waals surface area (Å²) in [5.74, 6) is 2.04. The number of pyridine rings is 1. The zero-order valence-electron chi connectivity index (χ0n) is 18.3. The Bertz CT molecular complexity index is 851. The Hall–Kier alpha value is -2.77. The van der Waals surface area contributed by atoms with E-state index in [9.17, 15) is 9.59 Å². The van der Waals surface area contributed by atoms with Gasteiger partial charge in [-0.05, 0) is 51.2 Å². The summed E-state index contributed by atoms with van der Waals surface area (Å²) in [5.41, 5.74) is 0.997. The van der Waals surface area contributed by atoms with Crippen molar-refractivity contribution >= 4 is 11.8 Å². The summed E-state index contributed by atoms with van der Waals surface area (Å²) in [5, 5.41) is 4.29. The lowest BCUT2D eigenvalue weighted by molar-refractivity contribution is -0.134. The molecular weight excluding hydrogens is 380 g/mol. The van der Waals surface area contributed by atoms with Gasteiger partial charge in [-0.25, -0.2) is 9.67 Å². The minimum Gasteiger partial charge on any atom is -0.345 e. The summed E-state index contributed by atoms with van der Waals surface area (Å²) in [7, 11) is 1.85. The highest BCUT2D eigenvalue weighted by molar-refractivity contribution is 5.76. The molecule has 0 aliphatic carbocycles. The third-order valence-electron chi connectivity index (χ3n) is 5.74. The molecular formula is C22H32N6O2. The predicted molar refractivity (Wildman–Crippen MR) is 114 cm³/mol. The second-order valence-electron chi connectivity index (χ2n) is 8.14. The van der Waals surface area contributed by atoms with Crippen molar-refractivity contribution < 1.29 is 9.59 Å². The van der Waals surface area contributed by atoms with E-state index in [1.165, 1.54) is 0 Å². The average molecular weight is 413 g/mol. The van der Waals surface area contributed by atoms with Crippen molar-refractivity contribution in [2.45, 2.75) is 52.5 Å². The number of aryl methyl sites for hydroxylation is 2. The summed E-state index contributed by atoms with van der Waals surface area (Å²) in [6.07, 6.45) is 5.92. The molecule has 8 heteroatoms. The summed E-state index contributed by atoms with van der Waals surface area (Å²) in [6, 6.07) is 5.84. The fourth-order valence-electron chi connectivity index (χ4n) is 3.94. The van der Waals surface area contributed by atoms with Gasteiger partial charge in [0.25, 0.3) is 0 Å². The maximum absolute atomic E-state index is 12.7. The van der Waals surface area contributed by atoms with Crippen LogP contribution in [0.1, 0.15) is 43.0 Å². The smallest absolute Gasteiger partial charge is 0.244 e. The number of piperidine rings is 1. The van der Waals surface area contributed by atoms with Gasteiger partial charge in [-0.1, -0.05) is 6.07 Å². The molecule has 1 atom stereocenters. The van der Waals surface area contributed by atoms with Crippen LogP contribution in [-0.2, 0) is 22.6 Å². The average Bonchev–Trinajstić information content (AvgIpc) is 3.07. The second-order valence-corrected chi connectivity index (χ2v) is 8.14. The molecule has 1 fully saturated rings. The van der Waals surface area contributed by atoms with Crippen molar-refractivity contribution in [2.24, 2.45) is 5.92 Å². The van der Waals surface area contributed by atoms with Crippen LogP contribution in [0.4, 0.5) is 0 Å². The monoisotopic (exact) mass is 412 g/mol. The third kappa shape index (κ3) is 6.11. The molecule has 162 valence electrons. The lowest BCUT2D eigenvalue weighted by atomic mass is 9.93. The minimum absolute atomic E-state index is 0.0755. The van der Waals surface area contributed by atoms with Gasteiger partial charge in [0.15, 0.2) is 0 Å². The van der Waals surface area contributed by atoms with Gasteiger partial charge >= 0.3 is 0 Å². The van der Waals surface area contributed by atoms with E-state index in [0.29, 0.717) is 24.7 Å². The number of likely N-dealkylation sites (tertiary alicyclic amines) is 1. The molecule has 0 N–H and O–H groups in total. The van der Waals surface area contributed by atoms with E-state index in [4.69, 9.17) is 0 Å². The van der Waals surface area contributed by atoms with Gasteiger partial charge in [-0.2, -0.15) is 5.10 Å². The van der Waals surface area contributed by atoms with E-state index in [2.05, 4.69) is 15.1 Å². The Morgan fingerprint density at radius 1 is 1.27 bits per heavy atom. The molecule has 0 spiro atoms. The molecule has 2 aromatic rings. The van der Waals surface area contributed by atoms with E-state index in [1.807, 2.05) is 44.0 Å². The number of hydrogen-bond donors (Lipinski definition) is 0. The number of amides is 2. The molecule has 1 saturated heterocycles. The van der Waals surface area contributed by atoms with Gasteiger partial charge < -0.3 is 9.80 Å². The zero-order chi connectivity index (χ0) is 21.5. The largest absolute Gasteiger partial charge is 0.345 e. The van der Waals surface area contributed by atoms with Crippen LogP contribution in [0, 0.1) is 19.8 Å². The molecule has 1 aliphatic heterocycles. The standard InChI is InChI=1S/C22H32N6O2/c1-17-24-18(2)28(25-17)16-22(30)27-13-6-7-19(15-27)9-10-21(29)26(3)14-11-20-8-4-5-12-23-20/h4-5,8,12,19H,6-7,9-11,13-16H2,1-3H3. The van der Waals surface area contributed by atoms with E-state index in [0.717, 1.165) is 50.3 Å². The van der Waals surface area contributed by atoms with Crippen LogP contribution >= 0.6 is 0 Å². The van der Waals surface area contributed by atoms with Crippen LogP contribution in [0.25, 0.3) is 0 Å². The fourth-order valence-corrected chi connectivity index (χ4v) is 3.94. The van der Waals surface area contributed by atoms with Gasteiger partial charge in [0, 0.05) is 51.4 Å². The Kier molecular flexibility index (Phi) is 7.54. The Balaban J connectivity index is 1.42. The molecule has 2 amide bonds. The Morgan fingerprint density at radius 2 is 2.10 bits per heavy atom. The highest BCUT2D eigenvalue weighted by Crippen LogP contribution is 2.22. The maximum atomic E-state index is 12.7. The van der Waals surface area contributed by atoms with Crippen molar-refractivity contribution in [1.82, 2.24) is 29.5 Å². The Morgan fingerprint density at radius 3 is 2.80 bits per heavy atom. The van der Waals surface area contributed by atoms with Crippen LogP contribution in [-0.4, -0.2) is 68.0 Å². The van der Waals surface area contributed by atoms with Crippen LogP contribution in [0.5, 0.6) is 0 Å². The van der Waals surface area contributed by atoms with Gasteiger partial charge in [0.1, 0.15) is 18.2 Å². The van der Waals surface area contributed by atoms with E-state index >= 15 is 0 Å². The van der Waals surface area contributed by atoms with Crippen LogP contribution in [0.3, 0.4) is 0 Å². The zero-order valence-corrected chi connectivity index (χ0v) is 18.3. The summed E-state index contributed by atoms with van der Waals surface area (Å²) in [4.78, 5) is 37.5. The highest BCUT2D eigenvalue weighted by atomic mass is 16.2. The number of rotatable bonds is 8. The molecule has 0 saturated carbocycles. The normalized spacial score (nSPS) is 16.5. The van der Waals surface area contributed by atoms with E-state index in [1.54, 1.807) is 15.8 Å². The topological polar surface area (TPSA) is 84.2 Å². The number of carbonyl (C=O) groups excluding carboxylic acids is 2. The SMILES string of the molecule is Cc1nc(C)n(CC(=O)N2CCCC(CCC(=O)N(C)CCc3ccccn3)C2)n1. The molecule has 1 aliphatic rings. The van der Waals surface area contributed by atoms with E-state index < -0.39 is 0 Å². The summed E-state index contributed by atoms with van der Waals surface area (Å²) >= 11 is 0. The first-order chi connectivity index (χ1) is 14.4. The van der Waals surface area contributed by atoms with Crippen molar-refractivity contribution in [3.8, 4) is 0 Å². The minimum atomic E-state index is 0.0755. The molecule has 3 heterocycles. The molecule has 8 nitrogen and oxygen atoms in total. The molecule has 3 rings (SSSR count). The molecule has 2 aromatic heterocycles. The number of likely N-dealkylation sites (N-methyl/N-ethyl adjacent to an activating group) is 1. The lowest BCUT2D eigenvalue weighted by Gasteiger charge is -2.33. The first-order valence-corrected chi connectivity index (χ1v) is 10.7. The van der Waals surface area contributed by atoms with Crippen LogP contribution in [0.2, 0.25) is 0 Å². The second kappa shape index (κ2) is 10.3. The van der Waals surface area contributed by atoms with Crippen molar-refractivity contribution in [2.75, 3.05) is 26.7 Å². The van der Waals surface area contributed by atoms with Crippen molar-refractivity contribution in [1.29, 1.82) is 0 Å².